The molecule has 43 heavy (non-hydrogen) atoms. The number of fused-ring (bicyclic) bond motifs is 1. The van der Waals surface area contributed by atoms with E-state index in [1.807, 2.05) is 48.5 Å². The lowest BCUT2D eigenvalue weighted by Crippen LogP contribution is -2.19. The number of aromatic nitrogens is 1. The predicted octanol–water partition coefficient (Wildman–Crippen LogP) is 7.12. The molecule has 216 valence electrons. The van der Waals surface area contributed by atoms with Crippen LogP contribution in [0.4, 0.5) is 0 Å². The number of carbonyl (C=O) groups is 3. The van der Waals surface area contributed by atoms with Crippen LogP contribution in [0.1, 0.15) is 33.3 Å². The quantitative estimate of drug-likeness (QED) is 0.0574. The molecule has 9 nitrogen and oxygen atoms in total. The van der Waals surface area contributed by atoms with Gasteiger partial charge >= 0.3 is 11.9 Å². The number of hydrogen-bond acceptors (Lipinski definition) is 7. The fourth-order valence-electron chi connectivity index (χ4n) is 4.36. The Kier molecular flexibility index (Phi) is 9.22. The highest BCUT2D eigenvalue weighted by atomic mass is 127. The van der Waals surface area contributed by atoms with Gasteiger partial charge in [-0.3, -0.25) is 9.59 Å². The first-order valence-corrected chi connectivity index (χ1v) is 14.7. The molecule has 0 unspecified atom stereocenters. The van der Waals surface area contributed by atoms with Crippen molar-refractivity contribution in [1.82, 2.24) is 10.4 Å². The number of ether oxygens (including phenoxy) is 3. The lowest BCUT2D eigenvalue weighted by Gasteiger charge is -2.11. The van der Waals surface area contributed by atoms with Crippen molar-refractivity contribution < 1.29 is 28.6 Å². The van der Waals surface area contributed by atoms with Gasteiger partial charge in [0.15, 0.2) is 11.5 Å². The van der Waals surface area contributed by atoms with E-state index in [4.69, 9.17) is 14.2 Å². The van der Waals surface area contributed by atoms with E-state index in [-0.39, 0.29) is 22.8 Å². The second kappa shape index (κ2) is 13.2. The lowest BCUT2D eigenvalue weighted by atomic mass is 10.0. The van der Waals surface area contributed by atoms with Crippen LogP contribution in [0.2, 0.25) is 0 Å². The van der Waals surface area contributed by atoms with Crippen LogP contribution in [-0.4, -0.2) is 36.2 Å². The number of nitrogens with one attached hydrogen (secondary N) is 2. The molecule has 5 aromatic rings. The van der Waals surface area contributed by atoms with Gasteiger partial charge in [-0.2, -0.15) is 5.10 Å². The highest BCUT2D eigenvalue weighted by Crippen LogP contribution is 2.34. The highest BCUT2D eigenvalue weighted by molar-refractivity contribution is 14.1. The van der Waals surface area contributed by atoms with Gasteiger partial charge in [0.1, 0.15) is 11.4 Å². The molecule has 2 N–H and O–H groups in total. The summed E-state index contributed by atoms with van der Waals surface area (Å²) >= 11 is 5.66. The van der Waals surface area contributed by atoms with Gasteiger partial charge in [-0.25, -0.2) is 10.2 Å². The fourth-order valence-corrected chi connectivity index (χ4v) is 5.23. The van der Waals surface area contributed by atoms with Gasteiger partial charge < -0.3 is 19.2 Å². The van der Waals surface area contributed by atoms with Crippen molar-refractivity contribution in [2.45, 2.75) is 6.92 Å². The first-order valence-electron chi connectivity index (χ1n) is 12.8. The summed E-state index contributed by atoms with van der Waals surface area (Å²) < 4.78 is 17.7. The van der Waals surface area contributed by atoms with Crippen molar-refractivity contribution >= 4 is 73.5 Å². The maximum atomic E-state index is 13.4. The molecule has 1 heterocycles. The number of hydrogen-bond donors (Lipinski definition) is 2. The standard InChI is InChI=1S/C32H23BrIN3O6/c1-18(38)42-27-12-8-20(15-28(27)41-2)32(40)43-26-13-9-22(33)14-21(26)17-35-37-31(39)30-29(19-6-4-3-5-7-19)24-16-23(34)10-11-25(24)36-30/h3-17,36H,1-2H3,(H,37,39). The van der Waals surface area contributed by atoms with Crippen molar-refractivity contribution in [3.05, 3.63) is 110 Å². The fraction of sp³-hybridized carbons (Fsp3) is 0.0625. The molecule has 0 aliphatic rings. The summed E-state index contributed by atoms with van der Waals surface area (Å²) in [6.07, 6.45) is 1.39. The Labute approximate surface area is 268 Å². The molecular weight excluding hydrogens is 729 g/mol. The Morgan fingerprint density at radius 1 is 0.907 bits per heavy atom. The minimum Gasteiger partial charge on any atom is -0.493 e. The number of nitrogens with zero attached hydrogens (tertiary/aromatic N) is 1. The van der Waals surface area contributed by atoms with Crippen LogP contribution in [0, 0.1) is 3.57 Å². The second-order valence-electron chi connectivity index (χ2n) is 9.16. The number of carbonyl (C=O) groups excluding carboxylic acids is 3. The summed E-state index contributed by atoms with van der Waals surface area (Å²) in [5.41, 5.74) is 6.05. The van der Waals surface area contributed by atoms with Crippen molar-refractivity contribution in [3.63, 3.8) is 0 Å². The van der Waals surface area contributed by atoms with Crippen LogP contribution >= 0.6 is 38.5 Å². The van der Waals surface area contributed by atoms with Crippen molar-refractivity contribution in [3.8, 4) is 28.4 Å². The second-order valence-corrected chi connectivity index (χ2v) is 11.3. The summed E-state index contributed by atoms with van der Waals surface area (Å²) in [7, 11) is 1.40. The van der Waals surface area contributed by atoms with E-state index in [2.05, 4.69) is 54.0 Å². The van der Waals surface area contributed by atoms with Gasteiger partial charge in [0, 0.05) is 37.0 Å². The van der Waals surface area contributed by atoms with E-state index in [0.29, 0.717) is 15.7 Å². The Morgan fingerprint density at radius 2 is 1.67 bits per heavy atom. The summed E-state index contributed by atoms with van der Waals surface area (Å²) in [5, 5.41) is 5.08. The third-order valence-corrected chi connectivity index (χ3v) is 7.41. The van der Waals surface area contributed by atoms with E-state index >= 15 is 0 Å². The molecule has 0 bridgehead atoms. The first-order chi connectivity index (χ1) is 20.7. The number of esters is 2. The normalized spacial score (nSPS) is 11.0. The van der Waals surface area contributed by atoms with Crippen LogP contribution in [0.3, 0.4) is 0 Å². The maximum Gasteiger partial charge on any atom is 0.343 e. The Bertz CT molecular complexity index is 1890. The van der Waals surface area contributed by atoms with Gasteiger partial charge in [-0.05, 0) is 82.8 Å². The molecular formula is C32H23BrIN3O6. The topological polar surface area (TPSA) is 119 Å². The molecule has 0 aliphatic heterocycles. The van der Waals surface area contributed by atoms with E-state index in [0.717, 1.165) is 25.6 Å². The SMILES string of the molecule is COc1cc(C(=O)Oc2ccc(Br)cc2C=NNC(=O)c2[nH]c3ccc(I)cc3c2-c2ccccc2)ccc1OC(C)=O. The van der Waals surface area contributed by atoms with E-state index in [9.17, 15) is 14.4 Å². The van der Waals surface area contributed by atoms with Crippen LogP contribution in [0.15, 0.2) is 94.5 Å². The molecule has 0 spiro atoms. The molecule has 1 amide bonds. The molecule has 4 aromatic carbocycles. The minimum absolute atomic E-state index is 0.175. The maximum absolute atomic E-state index is 13.4. The molecule has 0 atom stereocenters. The van der Waals surface area contributed by atoms with Crippen molar-refractivity contribution in [2.24, 2.45) is 5.10 Å². The molecule has 1 aromatic heterocycles. The zero-order valence-corrected chi connectivity index (χ0v) is 26.6. The number of H-pyrrole nitrogens is 1. The molecule has 0 aliphatic carbocycles. The van der Waals surface area contributed by atoms with Crippen LogP contribution < -0.4 is 19.6 Å². The van der Waals surface area contributed by atoms with Gasteiger partial charge in [0.25, 0.3) is 5.91 Å². The van der Waals surface area contributed by atoms with E-state index < -0.39 is 17.8 Å². The third-order valence-electron chi connectivity index (χ3n) is 6.25. The summed E-state index contributed by atoms with van der Waals surface area (Å²) in [5.74, 6) is -1.04. The molecule has 11 heteroatoms. The summed E-state index contributed by atoms with van der Waals surface area (Å²) in [6.45, 7) is 1.27. The molecule has 5 rings (SSSR count). The van der Waals surface area contributed by atoms with Crippen LogP contribution in [-0.2, 0) is 4.79 Å². The van der Waals surface area contributed by atoms with Gasteiger partial charge in [0.2, 0.25) is 0 Å². The molecule has 0 fully saturated rings. The predicted molar refractivity (Wildman–Crippen MR) is 175 cm³/mol. The third kappa shape index (κ3) is 6.95. The Balaban J connectivity index is 1.38. The molecule has 0 saturated carbocycles. The van der Waals surface area contributed by atoms with E-state index in [1.54, 1.807) is 18.2 Å². The average molecular weight is 752 g/mol. The summed E-state index contributed by atoms with van der Waals surface area (Å²) in [6, 6.07) is 24.9. The number of hydrazone groups is 1. The molecule has 0 radical (unpaired) electrons. The summed E-state index contributed by atoms with van der Waals surface area (Å²) in [4.78, 5) is 40.9. The Hall–Kier alpha value is -4.49. The number of rotatable bonds is 8. The minimum atomic E-state index is -0.672. The first kappa shape index (κ1) is 30.0. The Morgan fingerprint density at radius 3 is 2.42 bits per heavy atom. The lowest BCUT2D eigenvalue weighted by molar-refractivity contribution is -0.132. The number of benzene rings is 4. The highest BCUT2D eigenvalue weighted by Gasteiger charge is 2.20. The van der Waals surface area contributed by atoms with Gasteiger partial charge in [0.05, 0.1) is 18.9 Å². The van der Waals surface area contributed by atoms with Gasteiger partial charge in [-0.15, -0.1) is 0 Å². The van der Waals surface area contributed by atoms with Gasteiger partial charge in [-0.1, -0.05) is 46.3 Å². The largest absolute Gasteiger partial charge is 0.493 e. The molecule has 0 saturated heterocycles. The van der Waals surface area contributed by atoms with Crippen molar-refractivity contribution in [1.29, 1.82) is 0 Å². The van der Waals surface area contributed by atoms with E-state index in [1.165, 1.54) is 38.4 Å². The average Bonchev–Trinajstić information content (AvgIpc) is 3.37. The zero-order chi connectivity index (χ0) is 30.5. The number of aromatic amines is 1. The zero-order valence-electron chi connectivity index (χ0n) is 22.8. The monoisotopic (exact) mass is 751 g/mol. The van der Waals surface area contributed by atoms with Crippen LogP contribution in [0.25, 0.3) is 22.0 Å². The van der Waals surface area contributed by atoms with Crippen molar-refractivity contribution in [2.75, 3.05) is 7.11 Å². The smallest absolute Gasteiger partial charge is 0.343 e. The number of amides is 1. The number of methoxy groups -OCH3 is 1. The van der Waals surface area contributed by atoms with Crippen LogP contribution in [0.5, 0.6) is 17.2 Å². The number of halogens is 2.